The van der Waals surface area contributed by atoms with Crippen molar-refractivity contribution >= 4 is 87.5 Å². The zero-order chi connectivity index (χ0) is 44.9. The van der Waals surface area contributed by atoms with Gasteiger partial charge >= 0.3 is 17.9 Å². The lowest BCUT2D eigenvalue weighted by molar-refractivity contribution is -0.173. The predicted molar refractivity (Wildman–Crippen MR) is 229 cm³/mol. The highest BCUT2D eigenvalue weighted by molar-refractivity contribution is 7.09. The molecule has 4 amide bonds. The highest BCUT2D eigenvalue weighted by Gasteiger charge is 2.41. The van der Waals surface area contributed by atoms with Crippen LogP contribution in [0.2, 0.25) is 10.0 Å². The molecule has 3 heterocycles. The van der Waals surface area contributed by atoms with Gasteiger partial charge in [-0.25, -0.2) is 0 Å². The van der Waals surface area contributed by atoms with E-state index >= 15 is 0 Å². The lowest BCUT2D eigenvalue weighted by Crippen LogP contribution is -2.59. The van der Waals surface area contributed by atoms with E-state index in [4.69, 9.17) is 32.7 Å². The van der Waals surface area contributed by atoms with Crippen LogP contribution in [0.1, 0.15) is 48.3 Å². The molecule has 5 N–H and O–H groups in total. The number of aryl methyl sites for hydroxylation is 1. The van der Waals surface area contributed by atoms with Gasteiger partial charge in [0.2, 0.25) is 24.0 Å². The number of carboxylic acids is 1. The number of carbonyl (C=O) groups excluding carboxylic acids is 7. The Balaban J connectivity index is 1.60. The van der Waals surface area contributed by atoms with Gasteiger partial charge in [-0.1, -0.05) is 77.8 Å². The Morgan fingerprint density at radius 3 is 1.92 bits per heavy atom. The van der Waals surface area contributed by atoms with Gasteiger partial charge in [-0.3, -0.25) is 38.4 Å². The van der Waals surface area contributed by atoms with E-state index in [1.165, 1.54) is 47.7 Å². The van der Waals surface area contributed by atoms with Crippen LogP contribution in [0.15, 0.2) is 90.3 Å². The Kier molecular flexibility index (Phi) is 16.8. The van der Waals surface area contributed by atoms with Gasteiger partial charge < -0.3 is 35.8 Å². The average Bonchev–Trinajstić information content (AvgIpc) is 3.74. The lowest BCUT2D eigenvalue weighted by atomic mass is 9.90. The number of amides is 4. The molecule has 62 heavy (non-hydrogen) atoms. The van der Waals surface area contributed by atoms with Crippen molar-refractivity contribution in [3.05, 3.63) is 122 Å². The summed E-state index contributed by atoms with van der Waals surface area (Å²) in [5.74, 6) is -9.09. The van der Waals surface area contributed by atoms with Gasteiger partial charge in [-0.05, 0) is 71.7 Å². The van der Waals surface area contributed by atoms with Crippen LogP contribution in [0.4, 0.5) is 5.69 Å². The van der Waals surface area contributed by atoms with Crippen LogP contribution in [0.3, 0.4) is 0 Å². The molecule has 0 radical (unpaired) electrons. The van der Waals surface area contributed by atoms with E-state index in [0.717, 1.165) is 19.4 Å². The first-order valence-corrected chi connectivity index (χ1v) is 21.1. The van der Waals surface area contributed by atoms with Gasteiger partial charge in [0.05, 0.1) is 12.0 Å². The standard InChI is InChI=1S/C44H44Cl2N4O11S/c1-24(51)60-38-39(61-25(2)52)43(57)50-36(23-32-9-6-18-62-32)41(55)49-35(20-28-13-14-30(45)22-33(28)46)40(54)48-34(17-12-26-7-4-3-5-8-26)37(53)21-29(44(58)59)19-27-10-15-31(16-11-27)47-42(38)56/h3-11,13-16,18,22,29,34-36,38-39H,12,17,19-21,23H2,1-2H3,(H,47,56)(H,48,54)(H,49,55)(H,50,57)(H,58,59)/t29-,34+,35-,36+,38+,39+/m0/s1. The summed E-state index contributed by atoms with van der Waals surface area (Å²) in [6.07, 6.45) is -4.72. The number of ketones is 1. The normalized spacial score (nSPS) is 21.6. The van der Waals surface area contributed by atoms with Gasteiger partial charge in [-0.2, -0.15) is 0 Å². The zero-order valence-electron chi connectivity index (χ0n) is 33.6. The monoisotopic (exact) mass is 906 g/mol. The molecule has 326 valence electrons. The summed E-state index contributed by atoms with van der Waals surface area (Å²) in [4.78, 5) is 109. The van der Waals surface area contributed by atoms with Crippen molar-refractivity contribution in [2.24, 2.45) is 5.92 Å². The Bertz CT molecular complexity index is 2280. The molecule has 0 spiro atoms. The van der Waals surface area contributed by atoms with Crippen molar-refractivity contribution in [2.75, 3.05) is 5.32 Å². The summed E-state index contributed by atoms with van der Waals surface area (Å²) in [5.41, 5.74) is 1.85. The number of esters is 2. The number of hydrogen-bond acceptors (Lipinski definition) is 11. The quantitative estimate of drug-likeness (QED) is 0.109. The van der Waals surface area contributed by atoms with Gasteiger partial charge in [-0.15, -0.1) is 11.3 Å². The fourth-order valence-electron chi connectivity index (χ4n) is 6.74. The summed E-state index contributed by atoms with van der Waals surface area (Å²) in [7, 11) is 0. The van der Waals surface area contributed by atoms with Crippen LogP contribution < -0.4 is 21.3 Å². The second-order valence-corrected chi connectivity index (χ2v) is 16.5. The summed E-state index contributed by atoms with van der Waals surface area (Å²) in [6.45, 7) is 1.95. The number of carboxylic acid groups (broad SMARTS) is 1. The van der Waals surface area contributed by atoms with Crippen LogP contribution >= 0.6 is 34.5 Å². The van der Waals surface area contributed by atoms with E-state index in [-0.39, 0.29) is 36.4 Å². The minimum atomic E-state index is -2.11. The van der Waals surface area contributed by atoms with Crippen molar-refractivity contribution in [3.8, 4) is 0 Å². The van der Waals surface area contributed by atoms with E-state index in [0.29, 0.717) is 27.4 Å². The molecule has 18 heteroatoms. The summed E-state index contributed by atoms with van der Waals surface area (Å²) < 4.78 is 10.5. The zero-order valence-corrected chi connectivity index (χ0v) is 35.9. The maximum atomic E-state index is 14.5. The van der Waals surface area contributed by atoms with Crippen LogP contribution in [0.5, 0.6) is 0 Å². The number of halogens is 2. The molecule has 0 saturated heterocycles. The molecule has 2 aliphatic rings. The largest absolute Gasteiger partial charge is 0.481 e. The number of aliphatic carboxylic acids is 1. The first-order chi connectivity index (χ1) is 29.6. The molecule has 1 aromatic heterocycles. The first kappa shape index (κ1) is 47.0. The van der Waals surface area contributed by atoms with Gasteiger partial charge in [0.15, 0.2) is 5.78 Å². The Morgan fingerprint density at radius 1 is 0.710 bits per heavy atom. The molecule has 0 aliphatic carbocycles. The SMILES string of the molecule is CC(=O)O[C@H]1C(=O)Nc2ccc(cc2)C[C@H](C(=O)O)CC(=O)[C@@H](CCc2ccccc2)NC(=O)[C@H](Cc2ccc(Cl)cc2Cl)NC(=O)[C@@H](Cc2cccs2)NC(=O)[C@@H]1OC(C)=O. The fourth-order valence-corrected chi connectivity index (χ4v) is 7.98. The van der Waals surface area contributed by atoms with E-state index < -0.39 is 90.0 Å². The highest BCUT2D eigenvalue weighted by atomic mass is 35.5. The highest BCUT2D eigenvalue weighted by Crippen LogP contribution is 2.24. The second-order valence-electron chi connectivity index (χ2n) is 14.6. The number of nitrogens with one attached hydrogen (secondary N) is 4. The van der Waals surface area contributed by atoms with Crippen LogP contribution in [-0.2, 0) is 73.5 Å². The third-order valence-electron chi connectivity index (χ3n) is 9.84. The number of carbonyl (C=O) groups is 8. The maximum absolute atomic E-state index is 14.5. The molecule has 4 aromatic rings. The minimum Gasteiger partial charge on any atom is -0.481 e. The summed E-state index contributed by atoms with van der Waals surface area (Å²) >= 11 is 13.9. The van der Waals surface area contributed by atoms with E-state index in [9.17, 15) is 43.5 Å². The fraction of sp³-hybridized carbons (Fsp3) is 0.318. The molecule has 3 aromatic carbocycles. The van der Waals surface area contributed by atoms with E-state index in [1.807, 2.05) is 30.3 Å². The smallest absolute Gasteiger partial charge is 0.307 e. The Labute approximate surface area is 370 Å². The average molecular weight is 908 g/mol. The molecule has 2 bridgehead atoms. The molecule has 0 saturated carbocycles. The van der Waals surface area contributed by atoms with Crippen LogP contribution in [-0.4, -0.2) is 82.8 Å². The number of hydrogen-bond donors (Lipinski definition) is 5. The molecule has 6 rings (SSSR count). The molecular weight excluding hydrogens is 863 g/mol. The number of ether oxygens (including phenoxy) is 2. The molecule has 6 atom stereocenters. The Morgan fingerprint density at radius 2 is 1.32 bits per heavy atom. The Hall–Kier alpha value is -6.10. The molecule has 15 nitrogen and oxygen atoms in total. The summed E-state index contributed by atoms with van der Waals surface area (Å²) in [5, 5.41) is 23.0. The number of benzene rings is 3. The number of anilines is 1. The third kappa shape index (κ3) is 13.7. The molecule has 0 fully saturated rings. The first-order valence-electron chi connectivity index (χ1n) is 19.5. The van der Waals surface area contributed by atoms with Gasteiger partial charge in [0, 0.05) is 53.7 Å². The number of rotatable bonds is 10. The summed E-state index contributed by atoms with van der Waals surface area (Å²) in [6, 6.07) is 18.8. The maximum Gasteiger partial charge on any atom is 0.307 e. The van der Waals surface area contributed by atoms with Gasteiger partial charge in [0.1, 0.15) is 12.1 Å². The van der Waals surface area contributed by atoms with Crippen molar-refractivity contribution in [2.45, 2.75) is 82.7 Å². The lowest BCUT2D eigenvalue weighted by Gasteiger charge is -2.28. The van der Waals surface area contributed by atoms with Crippen molar-refractivity contribution < 1.29 is 52.9 Å². The third-order valence-corrected chi connectivity index (χ3v) is 11.3. The van der Waals surface area contributed by atoms with Gasteiger partial charge in [0.25, 0.3) is 11.8 Å². The van der Waals surface area contributed by atoms with Crippen molar-refractivity contribution in [1.29, 1.82) is 0 Å². The van der Waals surface area contributed by atoms with Crippen LogP contribution in [0.25, 0.3) is 0 Å². The molecular formula is C44H44Cl2N4O11S. The van der Waals surface area contributed by atoms with Crippen molar-refractivity contribution in [1.82, 2.24) is 16.0 Å². The van der Waals surface area contributed by atoms with Crippen LogP contribution in [0, 0.1) is 5.92 Å². The second kappa shape index (κ2) is 22.1. The topological polar surface area (TPSA) is 223 Å². The van der Waals surface area contributed by atoms with E-state index in [1.54, 1.807) is 23.6 Å². The predicted octanol–water partition coefficient (Wildman–Crippen LogP) is 4.65. The molecule has 0 unspecified atom stereocenters. The van der Waals surface area contributed by atoms with Crippen molar-refractivity contribution in [3.63, 3.8) is 0 Å². The number of Topliss-reactive ketones (excluding diaryl/α,β-unsaturated/α-hetero) is 1. The minimum absolute atomic E-state index is 0.0792. The number of fused-ring (bicyclic) bond motifs is 18. The molecule has 2 aliphatic heterocycles. The number of thiophene rings is 1. The van der Waals surface area contributed by atoms with E-state index in [2.05, 4.69) is 21.3 Å².